The van der Waals surface area contributed by atoms with Crippen LogP contribution in [0.2, 0.25) is 0 Å². The molecule has 1 aromatic heterocycles. The van der Waals surface area contributed by atoms with Crippen LogP contribution >= 0.6 is 0 Å². The van der Waals surface area contributed by atoms with Gasteiger partial charge < -0.3 is 28.9 Å². The first-order chi connectivity index (χ1) is 9.16. The van der Waals surface area contributed by atoms with E-state index in [-0.39, 0.29) is 30.0 Å². The number of rotatable bonds is 0. The van der Waals surface area contributed by atoms with Crippen molar-refractivity contribution < 1.29 is 33.3 Å². The summed E-state index contributed by atoms with van der Waals surface area (Å²) in [5, 5.41) is 0. The van der Waals surface area contributed by atoms with Gasteiger partial charge in [0, 0.05) is 20.1 Å². The first-order valence-corrected chi connectivity index (χ1v) is 6.32. The summed E-state index contributed by atoms with van der Waals surface area (Å²) in [6.45, 7) is 1.55. The molecule has 1 aromatic carbocycles. The van der Waals surface area contributed by atoms with Gasteiger partial charge in [-0.1, -0.05) is 12.1 Å². The number of imidazole rings is 1. The Bertz CT molecular complexity index is 625. The van der Waals surface area contributed by atoms with E-state index in [2.05, 4.69) is 11.9 Å². The minimum Gasteiger partial charge on any atom is -1.00 e. The number of aromatic nitrogens is 2. The number of aryl methyl sites for hydroxylation is 1. The number of hydrogen-bond donors (Lipinski definition) is 0. The molecule has 0 N–H and O–H groups in total. The molecule has 0 aliphatic carbocycles. The maximum absolute atomic E-state index is 12.5. The Labute approximate surface area is 135 Å². The van der Waals surface area contributed by atoms with Crippen LogP contribution in [-0.2, 0) is 7.05 Å². The Hall–Kier alpha value is -1.57. The van der Waals surface area contributed by atoms with E-state index in [1.807, 2.05) is 47.0 Å². The number of amides is 1. The first kappa shape index (κ1) is 14.8. The van der Waals surface area contributed by atoms with Crippen LogP contribution < -0.4 is 38.3 Å². The first-order valence-electron chi connectivity index (χ1n) is 6.32. The molecule has 5 nitrogen and oxygen atoms in total. The number of halogens is 1. The van der Waals surface area contributed by atoms with Gasteiger partial charge in [0.25, 0.3) is 6.33 Å². The van der Waals surface area contributed by atoms with Crippen LogP contribution in [0.25, 0.3) is 0 Å². The monoisotopic (exact) mass is 384 g/mol. The van der Waals surface area contributed by atoms with E-state index >= 15 is 0 Å². The highest BCUT2D eigenvalue weighted by Gasteiger charge is 2.28. The molecule has 3 rings (SSSR count). The minimum atomic E-state index is -0.0128. The van der Waals surface area contributed by atoms with E-state index in [4.69, 9.17) is 0 Å². The van der Waals surface area contributed by atoms with E-state index in [1.165, 1.54) is 0 Å². The number of anilines is 2. The van der Waals surface area contributed by atoms with Gasteiger partial charge in [-0.3, -0.25) is 4.90 Å². The molecular weight excluding hydrogens is 367 g/mol. The van der Waals surface area contributed by atoms with Crippen molar-refractivity contribution in [2.75, 3.05) is 29.9 Å². The van der Waals surface area contributed by atoms with E-state index in [0.717, 1.165) is 17.9 Å². The zero-order chi connectivity index (χ0) is 13.4. The van der Waals surface area contributed by atoms with Gasteiger partial charge in [0.2, 0.25) is 0 Å². The third-order valence-corrected chi connectivity index (χ3v) is 3.46. The van der Waals surface area contributed by atoms with Crippen molar-refractivity contribution in [2.24, 2.45) is 7.05 Å². The summed E-state index contributed by atoms with van der Waals surface area (Å²) in [4.78, 5) is 16.5. The molecule has 0 spiro atoms. The number of para-hydroxylation sites is 2. The Kier molecular flexibility index (Phi) is 4.32. The lowest BCUT2D eigenvalue weighted by molar-refractivity contribution is -0.670. The van der Waals surface area contributed by atoms with E-state index in [0.29, 0.717) is 6.54 Å². The topological polar surface area (TPSA) is 32.4 Å². The number of likely N-dealkylation sites (N-methyl/N-ethyl adjacent to an activating group) is 1. The third kappa shape index (κ3) is 2.52. The SMILES string of the molecule is CN1CCN(C(=O)n2cc[n+](C)c2)c2ccccc21.[I-]. The van der Waals surface area contributed by atoms with Gasteiger partial charge in [-0.2, -0.15) is 4.57 Å². The van der Waals surface area contributed by atoms with Gasteiger partial charge in [-0.25, -0.2) is 9.36 Å². The number of carbonyl (C=O) groups is 1. The summed E-state index contributed by atoms with van der Waals surface area (Å²) in [6.07, 6.45) is 5.42. The molecule has 20 heavy (non-hydrogen) atoms. The average molecular weight is 384 g/mol. The van der Waals surface area contributed by atoms with Crippen LogP contribution in [0.4, 0.5) is 16.2 Å². The maximum Gasteiger partial charge on any atom is 0.420 e. The van der Waals surface area contributed by atoms with E-state index in [9.17, 15) is 4.79 Å². The molecule has 0 fully saturated rings. The molecule has 0 saturated carbocycles. The lowest BCUT2D eigenvalue weighted by atomic mass is 10.2. The van der Waals surface area contributed by atoms with Gasteiger partial charge in [-0.05, 0) is 12.1 Å². The third-order valence-electron chi connectivity index (χ3n) is 3.46. The van der Waals surface area contributed by atoms with Crippen molar-refractivity contribution in [1.82, 2.24) is 4.57 Å². The average Bonchev–Trinajstić information content (AvgIpc) is 2.86. The smallest absolute Gasteiger partial charge is 0.420 e. The molecule has 106 valence electrons. The molecule has 0 unspecified atom stereocenters. The van der Waals surface area contributed by atoms with Crippen LogP contribution in [-0.4, -0.2) is 30.7 Å². The van der Waals surface area contributed by atoms with Crippen LogP contribution in [0, 0.1) is 0 Å². The van der Waals surface area contributed by atoms with Gasteiger partial charge in [0.05, 0.1) is 18.4 Å². The predicted molar refractivity (Wildman–Crippen MR) is 73.5 cm³/mol. The molecule has 0 bridgehead atoms. The fourth-order valence-electron chi connectivity index (χ4n) is 2.41. The van der Waals surface area contributed by atoms with Crippen molar-refractivity contribution in [3.05, 3.63) is 43.0 Å². The zero-order valence-corrected chi connectivity index (χ0v) is 13.7. The van der Waals surface area contributed by atoms with Crippen molar-refractivity contribution in [2.45, 2.75) is 0 Å². The largest absolute Gasteiger partial charge is 1.00 e. The van der Waals surface area contributed by atoms with Crippen LogP contribution in [0.5, 0.6) is 0 Å². The highest BCUT2D eigenvalue weighted by molar-refractivity contribution is 5.97. The maximum atomic E-state index is 12.5. The number of nitrogens with zero attached hydrogens (tertiary/aromatic N) is 4. The number of carbonyl (C=O) groups excluding carboxylic acids is 1. The van der Waals surface area contributed by atoms with Crippen molar-refractivity contribution in [1.29, 1.82) is 0 Å². The highest BCUT2D eigenvalue weighted by Crippen LogP contribution is 2.31. The van der Waals surface area contributed by atoms with E-state index in [1.54, 1.807) is 17.1 Å². The van der Waals surface area contributed by atoms with Crippen LogP contribution in [0.15, 0.2) is 43.0 Å². The normalized spacial score (nSPS) is 13.7. The highest BCUT2D eigenvalue weighted by atomic mass is 127. The molecule has 1 amide bonds. The summed E-state index contributed by atoms with van der Waals surface area (Å²) in [5.74, 6) is 0. The van der Waals surface area contributed by atoms with E-state index < -0.39 is 0 Å². The Morgan fingerprint density at radius 2 is 1.90 bits per heavy atom. The second-order valence-corrected chi connectivity index (χ2v) is 4.83. The fraction of sp³-hybridized carbons (Fsp3) is 0.286. The molecule has 0 radical (unpaired) electrons. The van der Waals surface area contributed by atoms with Gasteiger partial charge in [-0.15, -0.1) is 0 Å². The number of benzene rings is 1. The predicted octanol–water partition coefficient (Wildman–Crippen LogP) is -1.76. The Morgan fingerprint density at radius 1 is 1.20 bits per heavy atom. The fourth-order valence-corrected chi connectivity index (χ4v) is 2.41. The van der Waals surface area contributed by atoms with Crippen molar-refractivity contribution in [3.8, 4) is 0 Å². The van der Waals surface area contributed by atoms with Gasteiger partial charge >= 0.3 is 6.03 Å². The van der Waals surface area contributed by atoms with Gasteiger partial charge in [0.1, 0.15) is 12.4 Å². The molecule has 2 heterocycles. The zero-order valence-electron chi connectivity index (χ0n) is 11.5. The van der Waals surface area contributed by atoms with Gasteiger partial charge in [0.15, 0.2) is 0 Å². The van der Waals surface area contributed by atoms with Crippen LogP contribution in [0.3, 0.4) is 0 Å². The second kappa shape index (κ2) is 5.82. The quantitative estimate of drug-likeness (QED) is 0.399. The molecule has 0 saturated heterocycles. The molecule has 2 aromatic rings. The standard InChI is InChI=1S/C14H17N4O.HI/c1-15-7-9-17(11-15)14(19)18-10-8-16(2)12-5-3-4-6-13(12)18;/h3-7,9,11H,8,10H2,1-2H3;1H/q+1;/p-1. The summed E-state index contributed by atoms with van der Waals surface area (Å²) < 4.78 is 3.47. The van der Waals surface area contributed by atoms with Crippen molar-refractivity contribution >= 4 is 17.4 Å². The summed E-state index contributed by atoms with van der Waals surface area (Å²) >= 11 is 0. The Morgan fingerprint density at radius 3 is 2.55 bits per heavy atom. The molecule has 0 atom stereocenters. The molecular formula is C14H17IN4O. The van der Waals surface area contributed by atoms with Crippen LogP contribution in [0.1, 0.15) is 0 Å². The molecule has 1 aliphatic heterocycles. The number of hydrogen-bond acceptors (Lipinski definition) is 2. The Balaban J connectivity index is 0.00000147. The lowest BCUT2D eigenvalue weighted by Crippen LogP contribution is -3.00. The summed E-state index contributed by atoms with van der Waals surface area (Å²) in [7, 11) is 3.96. The lowest BCUT2D eigenvalue weighted by Gasteiger charge is -2.34. The molecule has 6 heteroatoms. The number of fused-ring (bicyclic) bond motifs is 1. The second-order valence-electron chi connectivity index (χ2n) is 4.83. The van der Waals surface area contributed by atoms with Crippen molar-refractivity contribution in [3.63, 3.8) is 0 Å². The summed E-state index contributed by atoms with van der Waals surface area (Å²) in [5.41, 5.74) is 2.07. The minimum absolute atomic E-state index is 0. The summed E-state index contributed by atoms with van der Waals surface area (Å²) in [6, 6.07) is 7.99. The molecule has 1 aliphatic rings.